The Hall–Kier alpha value is -0.850. The first kappa shape index (κ1) is 7.26. The second kappa shape index (κ2) is 2.41. The van der Waals surface area contributed by atoms with Gasteiger partial charge in [0.25, 0.3) is 10.0 Å². The molecular formula is C4H7N3O2S. The third kappa shape index (κ3) is 1.18. The fourth-order valence-electron chi connectivity index (χ4n) is 0.545. The molecule has 1 heterocycles. The summed E-state index contributed by atoms with van der Waals surface area (Å²) in [5.74, 6) is 4.74. The van der Waals surface area contributed by atoms with Crippen LogP contribution in [-0.4, -0.2) is 13.4 Å². The Morgan fingerprint density at radius 1 is 1.60 bits per heavy atom. The SMILES string of the molecule is NNS(=O)(=O)c1ccc[nH]1. The first-order chi connectivity index (χ1) is 4.67. The van der Waals surface area contributed by atoms with E-state index >= 15 is 0 Å². The Bertz CT molecular complexity index is 288. The van der Waals surface area contributed by atoms with Crippen LogP contribution in [0.25, 0.3) is 0 Å². The number of nitrogens with one attached hydrogen (secondary N) is 2. The second-order valence-electron chi connectivity index (χ2n) is 1.66. The molecular weight excluding hydrogens is 154 g/mol. The van der Waals surface area contributed by atoms with Gasteiger partial charge in [-0.3, -0.25) is 5.84 Å². The Morgan fingerprint density at radius 2 is 2.30 bits per heavy atom. The lowest BCUT2D eigenvalue weighted by molar-refractivity contribution is 0.581. The fraction of sp³-hybridized carbons (Fsp3) is 0. The van der Waals surface area contributed by atoms with Crippen molar-refractivity contribution in [2.75, 3.05) is 0 Å². The van der Waals surface area contributed by atoms with Crippen molar-refractivity contribution < 1.29 is 8.42 Å². The third-order valence-electron chi connectivity index (χ3n) is 1.01. The monoisotopic (exact) mass is 161 g/mol. The number of rotatable bonds is 2. The van der Waals surface area contributed by atoms with Crippen LogP contribution < -0.4 is 10.7 Å². The standard InChI is InChI=1S/C4H7N3O2S/c5-7-10(8,9)4-2-1-3-6-4/h1-3,6-7H,5H2. The van der Waals surface area contributed by atoms with E-state index in [1.807, 2.05) is 0 Å². The number of hydrazine groups is 1. The molecule has 0 saturated heterocycles. The summed E-state index contributed by atoms with van der Waals surface area (Å²) in [6.07, 6.45) is 1.50. The molecule has 0 saturated carbocycles. The molecule has 0 radical (unpaired) electrons. The highest BCUT2D eigenvalue weighted by Crippen LogP contribution is 2.01. The van der Waals surface area contributed by atoms with Crippen LogP contribution in [0, 0.1) is 0 Å². The summed E-state index contributed by atoms with van der Waals surface area (Å²) in [7, 11) is -3.48. The molecule has 0 fully saturated rings. The molecule has 1 rings (SSSR count). The Morgan fingerprint density at radius 3 is 2.70 bits per heavy atom. The van der Waals surface area contributed by atoms with E-state index in [0.717, 1.165) is 0 Å². The van der Waals surface area contributed by atoms with Crippen molar-refractivity contribution in [3.05, 3.63) is 18.3 Å². The molecule has 0 aliphatic heterocycles. The van der Waals surface area contributed by atoms with Gasteiger partial charge in [-0.15, -0.1) is 4.83 Å². The summed E-state index contributed by atoms with van der Waals surface area (Å²) in [5, 5.41) is 0.0648. The molecule has 0 unspecified atom stereocenters. The number of nitrogens with two attached hydrogens (primary N) is 1. The number of hydrogen-bond donors (Lipinski definition) is 3. The molecule has 0 amide bonds. The van der Waals surface area contributed by atoms with Crippen LogP contribution in [0.2, 0.25) is 0 Å². The maximum atomic E-state index is 10.8. The molecule has 5 nitrogen and oxygen atoms in total. The van der Waals surface area contributed by atoms with Gasteiger partial charge in [-0.05, 0) is 12.1 Å². The summed E-state index contributed by atoms with van der Waals surface area (Å²) < 4.78 is 21.6. The molecule has 0 spiro atoms. The van der Waals surface area contributed by atoms with Gasteiger partial charge in [0.15, 0.2) is 0 Å². The normalized spacial score (nSPS) is 11.7. The molecule has 4 N–H and O–H groups in total. The predicted molar refractivity (Wildman–Crippen MR) is 35.3 cm³/mol. The zero-order valence-electron chi connectivity index (χ0n) is 5.03. The van der Waals surface area contributed by atoms with E-state index < -0.39 is 10.0 Å². The summed E-state index contributed by atoms with van der Waals surface area (Å²) >= 11 is 0. The quantitative estimate of drug-likeness (QED) is 0.390. The van der Waals surface area contributed by atoms with Gasteiger partial charge in [0.05, 0.1) is 0 Å². The minimum Gasteiger partial charge on any atom is -0.351 e. The first-order valence-corrected chi connectivity index (χ1v) is 4.01. The van der Waals surface area contributed by atoms with E-state index in [4.69, 9.17) is 5.84 Å². The zero-order chi connectivity index (χ0) is 7.61. The van der Waals surface area contributed by atoms with Gasteiger partial charge in [-0.1, -0.05) is 0 Å². The summed E-state index contributed by atoms with van der Waals surface area (Å²) in [5.41, 5.74) is 0. The van der Waals surface area contributed by atoms with Crippen LogP contribution in [0.3, 0.4) is 0 Å². The number of hydrogen-bond acceptors (Lipinski definition) is 3. The largest absolute Gasteiger partial charge is 0.351 e. The summed E-state index contributed by atoms with van der Waals surface area (Å²) in [4.78, 5) is 4.18. The van der Waals surface area contributed by atoms with Gasteiger partial charge >= 0.3 is 0 Å². The average Bonchev–Trinajstić information content (AvgIpc) is 2.38. The van der Waals surface area contributed by atoms with Crippen LogP contribution in [0.5, 0.6) is 0 Å². The van der Waals surface area contributed by atoms with Crippen molar-refractivity contribution in [2.24, 2.45) is 5.84 Å². The molecule has 10 heavy (non-hydrogen) atoms. The topological polar surface area (TPSA) is 88.0 Å². The lowest BCUT2D eigenvalue weighted by atomic mass is 10.7. The molecule has 0 bridgehead atoms. The molecule has 0 aliphatic carbocycles. The third-order valence-corrected chi connectivity index (χ3v) is 2.16. The van der Waals surface area contributed by atoms with Gasteiger partial charge in [-0.2, -0.15) is 0 Å². The molecule has 0 atom stereocenters. The second-order valence-corrected chi connectivity index (χ2v) is 3.34. The summed E-state index contributed by atoms with van der Waals surface area (Å²) in [6.45, 7) is 0. The van der Waals surface area contributed by atoms with Crippen LogP contribution >= 0.6 is 0 Å². The van der Waals surface area contributed by atoms with Crippen LogP contribution in [0.1, 0.15) is 0 Å². The van der Waals surface area contributed by atoms with E-state index in [-0.39, 0.29) is 5.03 Å². The van der Waals surface area contributed by atoms with Crippen molar-refractivity contribution in [1.82, 2.24) is 9.82 Å². The summed E-state index contributed by atoms with van der Waals surface area (Å²) in [6, 6.07) is 2.99. The number of aromatic nitrogens is 1. The van der Waals surface area contributed by atoms with Crippen LogP contribution in [-0.2, 0) is 10.0 Å². The van der Waals surface area contributed by atoms with E-state index in [1.54, 1.807) is 10.9 Å². The van der Waals surface area contributed by atoms with Gasteiger partial charge in [0.2, 0.25) is 0 Å². The maximum Gasteiger partial charge on any atom is 0.268 e. The van der Waals surface area contributed by atoms with E-state index in [2.05, 4.69) is 4.98 Å². The highest BCUT2D eigenvalue weighted by molar-refractivity contribution is 7.89. The highest BCUT2D eigenvalue weighted by Gasteiger charge is 2.10. The highest BCUT2D eigenvalue weighted by atomic mass is 32.2. The molecule has 6 heteroatoms. The van der Waals surface area contributed by atoms with Crippen molar-refractivity contribution in [1.29, 1.82) is 0 Å². The smallest absolute Gasteiger partial charge is 0.268 e. The van der Waals surface area contributed by atoms with E-state index in [9.17, 15) is 8.42 Å². The average molecular weight is 161 g/mol. The number of sulfonamides is 1. The van der Waals surface area contributed by atoms with E-state index in [1.165, 1.54) is 12.3 Å². The minimum atomic E-state index is -3.48. The van der Waals surface area contributed by atoms with Gasteiger partial charge < -0.3 is 4.98 Å². The predicted octanol–water partition coefficient (Wildman–Crippen LogP) is -0.833. The Kier molecular flexibility index (Phi) is 1.75. The minimum absolute atomic E-state index is 0.0648. The van der Waals surface area contributed by atoms with Crippen molar-refractivity contribution >= 4 is 10.0 Å². The van der Waals surface area contributed by atoms with Crippen molar-refractivity contribution in [3.63, 3.8) is 0 Å². The Balaban J connectivity index is 3.09. The van der Waals surface area contributed by atoms with Gasteiger partial charge in [0, 0.05) is 6.20 Å². The molecule has 0 aromatic carbocycles. The number of H-pyrrole nitrogens is 1. The molecule has 0 aliphatic rings. The fourth-order valence-corrected chi connectivity index (χ4v) is 1.15. The van der Waals surface area contributed by atoms with Crippen molar-refractivity contribution in [2.45, 2.75) is 5.03 Å². The van der Waals surface area contributed by atoms with Crippen molar-refractivity contribution in [3.8, 4) is 0 Å². The van der Waals surface area contributed by atoms with Gasteiger partial charge in [0.1, 0.15) is 5.03 Å². The van der Waals surface area contributed by atoms with Gasteiger partial charge in [-0.25, -0.2) is 8.42 Å². The van der Waals surface area contributed by atoms with Crippen LogP contribution in [0.15, 0.2) is 23.4 Å². The number of aromatic amines is 1. The first-order valence-electron chi connectivity index (χ1n) is 2.52. The van der Waals surface area contributed by atoms with Crippen LogP contribution in [0.4, 0.5) is 0 Å². The lowest BCUT2D eigenvalue weighted by Crippen LogP contribution is -2.30. The Labute approximate surface area is 58.3 Å². The molecule has 1 aromatic heterocycles. The lowest BCUT2D eigenvalue weighted by Gasteiger charge is -1.95. The van der Waals surface area contributed by atoms with E-state index in [0.29, 0.717) is 0 Å². The molecule has 1 aromatic rings. The zero-order valence-corrected chi connectivity index (χ0v) is 5.85. The molecule has 56 valence electrons. The maximum absolute atomic E-state index is 10.8.